The molecule has 0 saturated heterocycles. The van der Waals surface area contributed by atoms with Crippen molar-refractivity contribution in [2.24, 2.45) is 0 Å². The van der Waals surface area contributed by atoms with Gasteiger partial charge in [-0.2, -0.15) is 10.4 Å². The smallest absolute Gasteiger partial charge is 0.137 e. The molecule has 3 heterocycles. The number of halogens is 1. The number of pyridine rings is 1. The van der Waals surface area contributed by atoms with Gasteiger partial charge >= 0.3 is 0 Å². The highest BCUT2D eigenvalue weighted by molar-refractivity contribution is 6.32. The van der Waals surface area contributed by atoms with Crippen molar-refractivity contribution in [1.82, 2.24) is 29.6 Å². The number of fused-ring (bicyclic) bond motifs is 1. The average Bonchev–Trinajstić information content (AvgIpc) is 3.16. The Balaban J connectivity index is 1.63. The molecule has 3 aromatic heterocycles. The summed E-state index contributed by atoms with van der Waals surface area (Å²) in [7, 11) is 4.03. The van der Waals surface area contributed by atoms with Crippen LogP contribution in [0.15, 0.2) is 49.1 Å². The number of anilines is 3. The first-order valence-corrected chi connectivity index (χ1v) is 9.93. The zero-order chi connectivity index (χ0) is 21.8. The Morgan fingerprint density at radius 1 is 1.10 bits per heavy atom. The van der Waals surface area contributed by atoms with Gasteiger partial charge in [0, 0.05) is 36.8 Å². The van der Waals surface area contributed by atoms with Gasteiger partial charge in [0.05, 0.1) is 22.3 Å². The van der Waals surface area contributed by atoms with E-state index in [1.54, 1.807) is 35.3 Å². The third-order valence-corrected chi connectivity index (χ3v) is 4.86. The molecule has 0 radical (unpaired) electrons. The highest BCUT2D eigenvalue weighted by Crippen LogP contribution is 2.28. The topological polar surface area (TPSA) is 108 Å². The third kappa shape index (κ3) is 4.55. The zero-order valence-corrected chi connectivity index (χ0v) is 17.8. The number of likely N-dealkylation sites (N-methyl/N-ethyl adjacent to an activating group) is 1. The first-order chi connectivity index (χ1) is 15.0. The van der Waals surface area contributed by atoms with E-state index in [4.69, 9.17) is 11.6 Å². The van der Waals surface area contributed by atoms with Gasteiger partial charge in [0.25, 0.3) is 0 Å². The van der Waals surface area contributed by atoms with E-state index in [0.717, 1.165) is 29.8 Å². The number of rotatable bonds is 7. The maximum atomic E-state index is 9.48. The Morgan fingerprint density at radius 3 is 2.71 bits per heavy atom. The summed E-state index contributed by atoms with van der Waals surface area (Å²) in [4.78, 5) is 15.0. The summed E-state index contributed by atoms with van der Waals surface area (Å²) in [6, 6.07) is 11.0. The van der Waals surface area contributed by atoms with Crippen molar-refractivity contribution >= 4 is 40.0 Å². The lowest BCUT2D eigenvalue weighted by molar-refractivity contribution is 0.425. The number of para-hydroxylation sites is 1. The van der Waals surface area contributed by atoms with Crippen molar-refractivity contribution in [3.05, 3.63) is 59.6 Å². The lowest BCUT2D eigenvalue weighted by Gasteiger charge is -2.12. The fourth-order valence-electron chi connectivity index (χ4n) is 3.05. The molecule has 10 heteroatoms. The molecule has 0 saturated carbocycles. The summed E-state index contributed by atoms with van der Waals surface area (Å²) in [5.74, 6) is 1.91. The van der Waals surface area contributed by atoms with Gasteiger partial charge < -0.3 is 15.5 Å². The molecule has 0 spiro atoms. The molecule has 2 N–H and O–H groups in total. The highest BCUT2D eigenvalue weighted by Gasteiger charge is 2.14. The SMILES string of the molecule is CN(C)CCNc1cc(Nc2cc3c(cn2)cnn3-c2c(Cl)cccc2C#N)ncn1. The first kappa shape index (κ1) is 20.5. The van der Waals surface area contributed by atoms with Crippen LogP contribution in [0.2, 0.25) is 5.02 Å². The van der Waals surface area contributed by atoms with Crippen molar-refractivity contribution in [3.63, 3.8) is 0 Å². The first-order valence-electron chi connectivity index (χ1n) is 9.55. The van der Waals surface area contributed by atoms with Crippen LogP contribution >= 0.6 is 11.6 Å². The van der Waals surface area contributed by atoms with E-state index in [1.807, 2.05) is 26.2 Å². The minimum atomic E-state index is 0.438. The molecule has 0 aliphatic heterocycles. The Hall–Kier alpha value is -3.74. The molecule has 31 heavy (non-hydrogen) atoms. The quantitative estimate of drug-likeness (QED) is 0.456. The predicted octanol–water partition coefficient (Wildman–Crippen LogP) is 3.45. The summed E-state index contributed by atoms with van der Waals surface area (Å²) < 4.78 is 1.65. The Morgan fingerprint density at radius 2 is 1.90 bits per heavy atom. The molecule has 0 aliphatic rings. The number of hydrogen-bond donors (Lipinski definition) is 2. The van der Waals surface area contributed by atoms with Gasteiger partial charge in [-0.3, -0.25) is 0 Å². The number of nitrogens with one attached hydrogen (secondary N) is 2. The van der Waals surface area contributed by atoms with Gasteiger partial charge in [-0.05, 0) is 26.2 Å². The summed E-state index contributed by atoms with van der Waals surface area (Å²) >= 11 is 6.38. The number of nitriles is 1. The van der Waals surface area contributed by atoms with Crippen LogP contribution in [0.5, 0.6) is 0 Å². The van der Waals surface area contributed by atoms with Gasteiger partial charge in [-0.25, -0.2) is 19.6 Å². The van der Waals surface area contributed by atoms with Gasteiger partial charge in [0.2, 0.25) is 0 Å². The van der Waals surface area contributed by atoms with E-state index in [1.165, 1.54) is 6.33 Å². The molecule has 0 amide bonds. The van der Waals surface area contributed by atoms with Gasteiger partial charge in [-0.15, -0.1) is 0 Å². The second-order valence-corrected chi connectivity index (χ2v) is 7.48. The highest BCUT2D eigenvalue weighted by atomic mass is 35.5. The molecule has 0 fully saturated rings. The maximum absolute atomic E-state index is 9.48. The zero-order valence-electron chi connectivity index (χ0n) is 17.0. The molecule has 0 aliphatic carbocycles. The number of hydrogen-bond acceptors (Lipinski definition) is 8. The molecule has 1 aromatic carbocycles. The Bertz CT molecular complexity index is 1260. The van der Waals surface area contributed by atoms with Gasteiger partial charge in [0.15, 0.2) is 0 Å². The monoisotopic (exact) mass is 433 g/mol. The van der Waals surface area contributed by atoms with E-state index in [9.17, 15) is 5.26 Å². The fourth-order valence-corrected chi connectivity index (χ4v) is 3.30. The summed E-state index contributed by atoms with van der Waals surface area (Å²) in [5.41, 5.74) is 1.74. The normalized spacial score (nSPS) is 10.9. The molecule has 4 aromatic rings. The second kappa shape index (κ2) is 8.95. The molecular weight excluding hydrogens is 414 g/mol. The van der Waals surface area contributed by atoms with Crippen molar-refractivity contribution in [2.75, 3.05) is 37.8 Å². The number of aromatic nitrogens is 5. The van der Waals surface area contributed by atoms with Crippen LogP contribution in [0, 0.1) is 11.3 Å². The molecule has 0 unspecified atom stereocenters. The average molecular weight is 434 g/mol. The molecular formula is C21H20ClN9. The van der Waals surface area contributed by atoms with Gasteiger partial charge in [-0.1, -0.05) is 17.7 Å². The predicted molar refractivity (Wildman–Crippen MR) is 121 cm³/mol. The van der Waals surface area contributed by atoms with E-state index in [2.05, 4.69) is 41.7 Å². The van der Waals surface area contributed by atoms with E-state index >= 15 is 0 Å². The van der Waals surface area contributed by atoms with Crippen LogP contribution in [0.1, 0.15) is 5.56 Å². The van der Waals surface area contributed by atoms with Gasteiger partial charge in [0.1, 0.15) is 35.5 Å². The minimum absolute atomic E-state index is 0.438. The number of nitrogens with zero attached hydrogens (tertiary/aromatic N) is 7. The lowest BCUT2D eigenvalue weighted by atomic mass is 10.2. The molecule has 156 valence electrons. The van der Waals surface area contributed by atoms with Crippen molar-refractivity contribution in [2.45, 2.75) is 0 Å². The summed E-state index contributed by atoms with van der Waals surface area (Å²) in [6.07, 6.45) is 4.89. The minimum Gasteiger partial charge on any atom is -0.369 e. The van der Waals surface area contributed by atoms with E-state index < -0.39 is 0 Å². The Labute approximate surface area is 184 Å². The maximum Gasteiger partial charge on any atom is 0.137 e. The Kier molecular flexibility index (Phi) is 5.93. The summed E-state index contributed by atoms with van der Waals surface area (Å²) in [5, 5.41) is 21.6. The molecule has 0 atom stereocenters. The van der Waals surface area contributed by atoms with Crippen LogP contribution in [-0.2, 0) is 0 Å². The standard InChI is InChI=1S/C21H20ClN9/c1-30(2)7-6-24-18-9-20(27-13-26-18)29-19-8-17-15(11-25-19)12-28-31(17)21-14(10-23)4-3-5-16(21)22/h3-5,8-9,11-13H,6-7H2,1-2H3,(H2,24,25,26,27,29). The summed E-state index contributed by atoms with van der Waals surface area (Å²) in [6.45, 7) is 1.66. The number of benzene rings is 1. The van der Waals surface area contributed by atoms with Crippen LogP contribution in [0.25, 0.3) is 16.6 Å². The fraction of sp³-hybridized carbons (Fsp3) is 0.190. The largest absolute Gasteiger partial charge is 0.369 e. The van der Waals surface area contributed by atoms with Crippen molar-refractivity contribution in [3.8, 4) is 11.8 Å². The lowest BCUT2D eigenvalue weighted by Crippen LogP contribution is -2.21. The third-order valence-electron chi connectivity index (χ3n) is 4.56. The van der Waals surface area contributed by atoms with Crippen LogP contribution in [0.4, 0.5) is 17.5 Å². The van der Waals surface area contributed by atoms with Crippen LogP contribution < -0.4 is 10.6 Å². The van der Waals surface area contributed by atoms with E-state index in [0.29, 0.717) is 27.9 Å². The molecule has 0 bridgehead atoms. The van der Waals surface area contributed by atoms with Crippen LogP contribution in [0.3, 0.4) is 0 Å². The van der Waals surface area contributed by atoms with Crippen molar-refractivity contribution < 1.29 is 0 Å². The van der Waals surface area contributed by atoms with E-state index in [-0.39, 0.29) is 0 Å². The molecule has 9 nitrogen and oxygen atoms in total. The van der Waals surface area contributed by atoms with Crippen molar-refractivity contribution in [1.29, 1.82) is 5.26 Å². The second-order valence-electron chi connectivity index (χ2n) is 7.08. The van der Waals surface area contributed by atoms with Crippen LogP contribution in [-0.4, -0.2) is 56.8 Å². The molecule has 4 rings (SSSR count).